The van der Waals surface area contributed by atoms with Gasteiger partial charge in [0.15, 0.2) is 14.9 Å². The molecule has 8 nitrogen and oxygen atoms in total. The molecule has 0 bridgehead atoms. The molecule has 3 heterocycles. The van der Waals surface area contributed by atoms with Crippen molar-refractivity contribution in [3.63, 3.8) is 0 Å². The lowest BCUT2D eigenvalue weighted by Crippen LogP contribution is -2.42. The van der Waals surface area contributed by atoms with E-state index in [1.165, 1.54) is 24.7 Å². The summed E-state index contributed by atoms with van der Waals surface area (Å²) < 4.78 is 55.1. The highest BCUT2D eigenvalue weighted by molar-refractivity contribution is 7.92. The van der Waals surface area contributed by atoms with Gasteiger partial charge in [-0.15, -0.1) is 4.31 Å². The number of pyridine rings is 1. The molecule has 1 unspecified atom stereocenters. The molecule has 2 aromatic heterocycles. The van der Waals surface area contributed by atoms with Crippen molar-refractivity contribution in [1.82, 2.24) is 19.3 Å². The Morgan fingerprint density at radius 2 is 1.78 bits per heavy atom. The van der Waals surface area contributed by atoms with Gasteiger partial charge in [-0.25, -0.2) is 27.8 Å². The van der Waals surface area contributed by atoms with Crippen molar-refractivity contribution in [1.29, 1.82) is 0 Å². The number of anilines is 1. The zero-order chi connectivity index (χ0) is 22.9. The van der Waals surface area contributed by atoms with Crippen LogP contribution in [0.3, 0.4) is 0 Å². The van der Waals surface area contributed by atoms with Crippen LogP contribution in [0.4, 0.5) is 10.3 Å². The molecule has 1 atom stereocenters. The number of hydrogen-bond acceptors (Lipinski definition) is 8. The molecule has 168 valence electrons. The van der Waals surface area contributed by atoms with Crippen LogP contribution in [0.15, 0.2) is 53.9 Å². The Labute approximate surface area is 189 Å². The van der Waals surface area contributed by atoms with Gasteiger partial charge in [-0.3, -0.25) is 0 Å². The predicted molar refractivity (Wildman–Crippen MR) is 121 cm³/mol. The second kappa shape index (κ2) is 9.10. The topological polar surface area (TPSA) is 125 Å². The molecule has 2 N–H and O–H groups in total. The van der Waals surface area contributed by atoms with E-state index in [9.17, 15) is 17.4 Å². The Bertz CT molecular complexity index is 1210. The minimum atomic E-state index is -3.76. The molecule has 3 aromatic rings. The van der Waals surface area contributed by atoms with Gasteiger partial charge >= 0.3 is 0 Å². The quantitative estimate of drug-likeness (QED) is 0.558. The third-order valence-electron chi connectivity index (χ3n) is 5.51. The van der Waals surface area contributed by atoms with Gasteiger partial charge in [0, 0.05) is 59.7 Å². The summed E-state index contributed by atoms with van der Waals surface area (Å²) in [7, 11) is -3.76. The first-order valence-corrected chi connectivity index (χ1v) is 13.0. The highest BCUT2D eigenvalue weighted by atomic mass is 32.2. The molecule has 1 aliphatic rings. The van der Waals surface area contributed by atoms with Gasteiger partial charge in [0.1, 0.15) is 12.1 Å². The maximum Gasteiger partial charge on any atom is 0.219 e. The fraction of sp³-hybridized carbons (Fsp3) is 0.286. The SMILES string of the molecule is C[S+]([O-])N1CCC(S(=O)(=O)c2ncccc2-c2ccc(-c3cnc(N)nc3)c(F)c2)CC1. The number of hydrogen-bond donors (Lipinski definition) is 1. The lowest BCUT2D eigenvalue weighted by atomic mass is 10.0. The van der Waals surface area contributed by atoms with Crippen LogP contribution in [0.5, 0.6) is 0 Å². The second-order valence-corrected chi connectivity index (χ2v) is 11.0. The normalized spacial score (nSPS) is 16.7. The summed E-state index contributed by atoms with van der Waals surface area (Å²) >= 11 is -1.13. The fourth-order valence-corrected chi connectivity index (χ4v) is 6.36. The standard InChI is InChI=1S/C21H22FN5O3S2/c1-31(28)27-9-6-16(7-10-27)32(29,30)20-18(3-2-8-24-20)14-4-5-17(19(22)11-14)15-12-25-21(23)26-13-15/h2-5,8,11-13,16H,6-7,9-10H2,1H3,(H2,23,25,26). The molecule has 0 amide bonds. The number of halogens is 1. The van der Waals surface area contributed by atoms with E-state index in [0.29, 0.717) is 42.6 Å². The van der Waals surface area contributed by atoms with Crippen molar-refractivity contribution in [2.75, 3.05) is 25.1 Å². The monoisotopic (exact) mass is 475 g/mol. The molecule has 4 rings (SSSR count). The van der Waals surface area contributed by atoms with Crippen LogP contribution in [0, 0.1) is 5.82 Å². The predicted octanol–water partition coefficient (Wildman–Crippen LogP) is 2.46. The molecule has 0 spiro atoms. The average Bonchev–Trinajstić information content (AvgIpc) is 2.80. The number of aromatic nitrogens is 3. The minimum Gasteiger partial charge on any atom is -0.598 e. The Hall–Kier alpha value is -2.60. The lowest BCUT2D eigenvalue weighted by Gasteiger charge is -2.30. The molecule has 0 aliphatic carbocycles. The van der Waals surface area contributed by atoms with Gasteiger partial charge in [-0.2, -0.15) is 0 Å². The maximum absolute atomic E-state index is 14.9. The first-order valence-electron chi connectivity index (χ1n) is 9.92. The van der Waals surface area contributed by atoms with E-state index in [4.69, 9.17) is 5.73 Å². The van der Waals surface area contributed by atoms with Crippen LogP contribution in [0.25, 0.3) is 22.3 Å². The van der Waals surface area contributed by atoms with Crippen LogP contribution in [-0.2, 0) is 21.2 Å². The molecule has 11 heteroatoms. The second-order valence-electron chi connectivity index (χ2n) is 7.48. The van der Waals surface area contributed by atoms with Crippen molar-refractivity contribution in [3.8, 4) is 22.3 Å². The van der Waals surface area contributed by atoms with E-state index in [2.05, 4.69) is 15.0 Å². The Morgan fingerprint density at radius 1 is 1.09 bits per heavy atom. The average molecular weight is 476 g/mol. The number of nitrogen functional groups attached to an aromatic ring is 1. The highest BCUT2D eigenvalue weighted by Gasteiger charge is 2.36. The van der Waals surface area contributed by atoms with E-state index in [-0.39, 0.29) is 16.5 Å². The van der Waals surface area contributed by atoms with Gasteiger partial charge in [0.2, 0.25) is 5.95 Å². The van der Waals surface area contributed by atoms with Gasteiger partial charge in [0.25, 0.3) is 0 Å². The summed E-state index contributed by atoms with van der Waals surface area (Å²) in [6.45, 7) is 0.865. The third kappa shape index (κ3) is 4.46. The number of nitrogens with zero attached hydrogens (tertiary/aromatic N) is 4. The van der Waals surface area contributed by atoms with Crippen LogP contribution < -0.4 is 5.73 Å². The van der Waals surface area contributed by atoms with E-state index in [1.807, 2.05) is 0 Å². The third-order valence-corrected chi connectivity index (χ3v) is 8.81. The van der Waals surface area contributed by atoms with Crippen molar-refractivity contribution >= 4 is 27.1 Å². The Balaban J connectivity index is 1.67. The fourth-order valence-electron chi connectivity index (χ4n) is 3.79. The van der Waals surface area contributed by atoms with Crippen molar-refractivity contribution in [3.05, 3.63) is 54.7 Å². The van der Waals surface area contributed by atoms with Gasteiger partial charge in [0.05, 0.1) is 5.25 Å². The van der Waals surface area contributed by atoms with Crippen molar-refractivity contribution in [2.24, 2.45) is 0 Å². The summed E-state index contributed by atoms with van der Waals surface area (Å²) in [6, 6.07) is 7.73. The largest absolute Gasteiger partial charge is 0.598 e. The van der Waals surface area contributed by atoms with Crippen LogP contribution >= 0.6 is 0 Å². The maximum atomic E-state index is 14.9. The molecule has 1 fully saturated rings. The van der Waals surface area contributed by atoms with Gasteiger partial charge in [-0.05, 0) is 36.6 Å². The molecule has 0 radical (unpaired) electrons. The number of rotatable bonds is 5. The molecule has 1 aliphatic heterocycles. The van der Waals surface area contributed by atoms with Crippen LogP contribution in [-0.4, -0.2) is 56.8 Å². The summed E-state index contributed by atoms with van der Waals surface area (Å²) in [5, 5.41) is -0.703. The zero-order valence-corrected chi connectivity index (χ0v) is 18.9. The lowest BCUT2D eigenvalue weighted by molar-refractivity contribution is 0.347. The number of sulfone groups is 1. The number of nitrogens with two attached hydrogens (primary N) is 1. The summed E-state index contributed by atoms with van der Waals surface area (Å²) in [5.74, 6) is -0.450. The van der Waals surface area contributed by atoms with E-state index < -0.39 is 32.3 Å². The van der Waals surface area contributed by atoms with E-state index in [1.54, 1.807) is 34.8 Å². The van der Waals surface area contributed by atoms with Gasteiger partial charge in [-0.1, -0.05) is 12.1 Å². The summed E-state index contributed by atoms with van der Waals surface area (Å²) in [5.41, 5.74) is 6.97. The molecule has 0 saturated carbocycles. The smallest absolute Gasteiger partial charge is 0.219 e. The molecule has 1 aromatic carbocycles. The number of piperidine rings is 1. The molecule has 1 saturated heterocycles. The minimum absolute atomic E-state index is 0.0703. The van der Waals surface area contributed by atoms with E-state index in [0.717, 1.165) is 0 Å². The first-order chi connectivity index (χ1) is 15.3. The Kier molecular flexibility index (Phi) is 6.42. The van der Waals surface area contributed by atoms with Crippen LogP contribution in [0.1, 0.15) is 12.8 Å². The zero-order valence-electron chi connectivity index (χ0n) is 17.3. The molecule has 32 heavy (non-hydrogen) atoms. The van der Waals surface area contributed by atoms with E-state index >= 15 is 0 Å². The molecular weight excluding hydrogens is 453 g/mol. The molecular formula is C21H22FN5O3S2. The van der Waals surface area contributed by atoms with Crippen molar-refractivity contribution < 1.29 is 17.4 Å². The summed E-state index contributed by atoms with van der Waals surface area (Å²) in [6.07, 6.45) is 6.58. The van der Waals surface area contributed by atoms with Crippen LogP contribution in [0.2, 0.25) is 0 Å². The first kappa shape index (κ1) is 22.6. The van der Waals surface area contributed by atoms with Crippen molar-refractivity contribution in [2.45, 2.75) is 23.1 Å². The Morgan fingerprint density at radius 3 is 2.41 bits per heavy atom. The van der Waals surface area contributed by atoms with Gasteiger partial charge < -0.3 is 10.3 Å². The number of benzene rings is 1. The highest BCUT2D eigenvalue weighted by Crippen LogP contribution is 2.33. The summed E-state index contributed by atoms with van der Waals surface area (Å²) in [4.78, 5) is 11.9.